The van der Waals surface area contributed by atoms with Crippen LogP contribution in [0.2, 0.25) is 0 Å². The van der Waals surface area contributed by atoms with Gasteiger partial charge in [0, 0.05) is 31.2 Å². The van der Waals surface area contributed by atoms with Gasteiger partial charge in [-0.25, -0.2) is 13.1 Å². The number of benzene rings is 1. The number of hydrogen-bond acceptors (Lipinski definition) is 4. The Hall–Kier alpha value is -1.07. The van der Waals surface area contributed by atoms with Crippen molar-refractivity contribution in [3.63, 3.8) is 0 Å². The summed E-state index contributed by atoms with van der Waals surface area (Å²) in [5.74, 6) is 2.20. The summed E-state index contributed by atoms with van der Waals surface area (Å²) in [4.78, 5) is 4.19. The third-order valence-corrected chi connectivity index (χ3v) is 4.90. The lowest BCUT2D eigenvalue weighted by atomic mass is 10.1. The van der Waals surface area contributed by atoms with Gasteiger partial charge >= 0.3 is 0 Å². The van der Waals surface area contributed by atoms with E-state index in [2.05, 4.69) is 20.3 Å². The summed E-state index contributed by atoms with van der Waals surface area (Å²) in [7, 11) is -1.59. The van der Waals surface area contributed by atoms with Crippen LogP contribution in [0.4, 0.5) is 0 Å². The molecule has 1 aromatic rings. The molecule has 3 N–H and O–H groups in total. The van der Waals surface area contributed by atoms with Crippen molar-refractivity contribution in [2.24, 2.45) is 10.9 Å². The first kappa shape index (κ1) is 24.0. The van der Waals surface area contributed by atoms with Crippen molar-refractivity contribution in [1.29, 1.82) is 0 Å². The number of ether oxygens (including phenoxy) is 1. The van der Waals surface area contributed by atoms with Gasteiger partial charge in [-0.05, 0) is 38.7 Å². The Morgan fingerprint density at radius 3 is 2.52 bits per heavy atom. The van der Waals surface area contributed by atoms with Crippen LogP contribution < -0.4 is 20.1 Å². The van der Waals surface area contributed by atoms with Crippen LogP contribution in [-0.2, 0) is 16.6 Å². The molecule has 1 aliphatic carbocycles. The number of para-hydroxylation sites is 1. The summed E-state index contributed by atoms with van der Waals surface area (Å²) in [6.45, 7) is 5.38. The average Bonchev–Trinajstić information content (AvgIpc) is 3.36. The fraction of sp³-hybridized carbons (Fsp3) is 0.611. The van der Waals surface area contributed by atoms with Crippen molar-refractivity contribution < 1.29 is 13.2 Å². The van der Waals surface area contributed by atoms with Crippen LogP contribution in [0.1, 0.15) is 32.3 Å². The van der Waals surface area contributed by atoms with Crippen molar-refractivity contribution in [1.82, 2.24) is 15.4 Å². The fourth-order valence-corrected chi connectivity index (χ4v) is 3.60. The number of sulfonamides is 1. The van der Waals surface area contributed by atoms with Crippen LogP contribution in [0.3, 0.4) is 0 Å². The summed E-state index contributed by atoms with van der Waals surface area (Å²) in [6.07, 6.45) is 3.67. The van der Waals surface area contributed by atoms with Gasteiger partial charge in [-0.15, -0.1) is 24.0 Å². The average molecular weight is 510 g/mol. The zero-order valence-electron chi connectivity index (χ0n) is 16.4. The zero-order valence-corrected chi connectivity index (χ0v) is 19.6. The summed E-state index contributed by atoms with van der Waals surface area (Å²) in [6, 6.07) is 7.96. The zero-order chi connectivity index (χ0) is 19.2. The number of hydrogen-bond donors (Lipinski definition) is 3. The molecule has 7 nitrogen and oxygen atoms in total. The van der Waals surface area contributed by atoms with Gasteiger partial charge in [0.25, 0.3) is 0 Å². The lowest BCUT2D eigenvalue weighted by Crippen LogP contribution is -2.52. The van der Waals surface area contributed by atoms with E-state index in [0.717, 1.165) is 24.2 Å². The molecule has 0 aromatic heterocycles. The molecular formula is C18H31IN4O3S. The molecule has 9 heteroatoms. The molecule has 0 saturated heterocycles. The Labute approximate surface area is 179 Å². The maximum absolute atomic E-state index is 11.4. The Bertz CT molecular complexity index is 734. The van der Waals surface area contributed by atoms with E-state index in [0.29, 0.717) is 25.0 Å². The van der Waals surface area contributed by atoms with Crippen molar-refractivity contribution in [3.05, 3.63) is 29.8 Å². The maximum Gasteiger partial charge on any atom is 0.209 e. The van der Waals surface area contributed by atoms with E-state index in [9.17, 15) is 8.42 Å². The second-order valence-corrected chi connectivity index (χ2v) is 9.15. The van der Waals surface area contributed by atoms with E-state index >= 15 is 0 Å². The summed E-state index contributed by atoms with van der Waals surface area (Å²) >= 11 is 0. The van der Waals surface area contributed by atoms with Crippen LogP contribution in [0.15, 0.2) is 29.3 Å². The molecule has 1 fully saturated rings. The van der Waals surface area contributed by atoms with E-state index in [1.54, 1.807) is 7.05 Å². The van der Waals surface area contributed by atoms with E-state index < -0.39 is 15.6 Å². The topological polar surface area (TPSA) is 91.8 Å². The first-order valence-corrected chi connectivity index (χ1v) is 10.7. The Morgan fingerprint density at radius 2 is 1.93 bits per heavy atom. The first-order valence-electron chi connectivity index (χ1n) is 8.83. The number of rotatable bonds is 9. The smallest absolute Gasteiger partial charge is 0.209 e. The van der Waals surface area contributed by atoms with E-state index in [1.807, 2.05) is 38.1 Å². The van der Waals surface area contributed by atoms with Gasteiger partial charge in [-0.3, -0.25) is 4.99 Å². The van der Waals surface area contributed by atoms with Crippen molar-refractivity contribution in [2.75, 3.05) is 26.5 Å². The van der Waals surface area contributed by atoms with E-state index in [1.165, 1.54) is 12.8 Å². The van der Waals surface area contributed by atoms with Crippen molar-refractivity contribution in [2.45, 2.75) is 38.8 Å². The highest BCUT2D eigenvalue weighted by atomic mass is 127. The lowest BCUT2D eigenvalue weighted by Gasteiger charge is -2.26. The lowest BCUT2D eigenvalue weighted by molar-refractivity contribution is 0.296. The van der Waals surface area contributed by atoms with Gasteiger partial charge in [0.2, 0.25) is 10.0 Å². The normalized spacial score (nSPS) is 15.0. The van der Waals surface area contributed by atoms with Crippen LogP contribution in [0.5, 0.6) is 5.75 Å². The SMILES string of the molecule is CN=C(NCc1ccccc1OCC1CC1)NCC(C)(C)NS(C)(=O)=O.I. The van der Waals surface area contributed by atoms with Crippen LogP contribution in [0.25, 0.3) is 0 Å². The van der Waals surface area contributed by atoms with Crippen molar-refractivity contribution >= 4 is 40.0 Å². The molecule has 2 rings (SSSR count). The molecule has 0 spiro atoms. The number of nitrogens with zero attached hydrogens (tertiary/aromatic N) is 1. The molecule has 154 valence electrons. The standard InChI is InChI=1S/C18H30N4O3S.HI/c1-18(2,22-26(4,23)24)13-21-17(19-3)20-11-15-7-5-6-8-16(15)25-12-14-9-10-14;/h5-8,14,22H,9-13H2,1-4H3,(H2,19,20,21);1H. The fourth-order valence-electron chi connectivity index (χ4n) is 2.53. The number of nitrogens with one attached hydrogen (secondary N) is 3. The predicted octanol–water partition coefficient (Wildman–Crippen LogP) is 2.09. The molecule has 27 heavy (non-hydrogen) atoms. The highest BCUT2D eigenvalue weighted by molar-refractivity contribution is 14.0. The Kier molecular flexibility index (Phi) is 9.29. The molecular weight excluding hydrogens is 479 g/mol. The minimum atomic E-state index is -3.27. The second kappa shape index (κ2) is 10.5. The second-order valence-electron chi connectivity index (χ2n) is 7.40. The monoisotopic (exact) mass is 510 g/mol. The number of halogens is 1. The molecule has 1 aliphatic rings. The van der Waals surface area contributed by atoms with Crippen LogP contribution in [-0.4, -0.2) is 46.4 Å². The van der Waals surface area contributed by atoms with Gasteiger partial charge in [0.05, 0.1) is 12.9 Å². The number of aliphatic imine (C=N–C) groups is 1. The summed E-state index contributed by atoms with van der Waals surface area (Å²) < 4.78 is 31.4. The molecule has 0 heterocycles. The molecule has 1 saturated carbocycles. The van der Waals surface area contributed by atoms with Gasteiger partial charge in [0.1, 0.15) is 5.75 Å². The largest absolute Gasteiger partial charge is 0.493 e. The van der Waals surface area contributed by atoms with Gasteiger partial charge in [0.15, 0.2) is 5.96 Å². The van der Waals surface area contributed by atoms with Gasteiger partial charge < -0.3 is 15.4 Å². The molecule has 0 bridgehead atoms. The van der Waals surface area contributed by atoms with Gasteiger partial charge in [-0.2, -0.15) is 0 Å². The minimum Gasteiger partial charge on any atom is -0.493 e. The van der Waals surface area contributed by atoms with Crippen LogP contribution >= 0.6 is 24.0 Å². The quantitative estimate of drug-likeness (QED) is 0.269. The first-order chi connectivity index (χ1) is 12.2. The predicted molar refractivity (Wildman–Crippen MR) is 120 cm³/mol. The third-order valence-electron chi connectivity index (χ3n) is 3.97. The molecule has 0 aliphatic heterocycles. The molecule has 0 unspecified atom stereocenters. The molecule has 0 atom stereocenters. The minimum absolute atomic E-state index is 0. The van der Waals surface area contributed by atoms with E-state index in [-0.39, 0.29) is 24.0 Å². The van der Waals surface area contributed by atoms with E-state index in [4.69, 9.17) is 4.74 Å². The van der Waals surface area contributed by atoms with Crippen molar-refractivity contribution in [3.8, 4) is 5.75 Å². The molecule has 0 radical (unpaired) electrons. The Balaban J connectivity index is 0.00000364. The summed E-state index contributed by atoms with van der Waals surface area (Å²) in [5.41, 5.74) is 0.431. The Morgan fingerprint density at radius 1 is 1.26 bits per heavy atom. The molecule has 1 aromatic carbocycles. The van der Waals surface area contributed by atoms with Crippen LogP contribution in [0, 0.1) is 5.92 Å². The van der Waals surface area contributed by atoms with Gasteiger partial charge in [-0.1, -0.05) is 18.2 Å². The number of guanidine groups is 1. The summed E-state index contributed by atoms with van der Waals surface area (Å²) in [5, 5.41) is 6.40. The highest BCUT2D eigenvalue weighted by Gasteiger charge is 2.23. The maximum atomic E-state index is 11.4. The third kappa shape index (κ3) is 9.61. The highest BCUT2D eigenvalue weighted by Crippen LogP contribution is 2.30. The molecule has 0 amide bonds.